The minimum atomic E-state index is 0.624. The number of fused-ring (bicyclic) bond motifs is 1. The van der Waals surface area contributed by atoms with Crippen LogP contribution >= 0.6 is 0 Å². The number of rotatable bonds is 0. The smallest absolute Gasteiger partial charge is 0.0430 e. The molecule has 2 nitrogen and oxygen atoms in total. The Balaban J connectivity index is 2.41. The minimum Gasteiger partial charge on any atom is -0.346 e. The predicted molar refractivity (Wildman–Crippen MR) is 40.8 cm³/mol. The first-order valence-corrected chi connectivity index (χ1v) is 3.74. The zero-order valence-corrected chi connectivity index (χ0v) is 6.17. The number of nitrogens with one attached hydrogen (secondary N) is 1. The lowest BCUT2D eigenvalue weighted by atomic mass is 10.2. The van der Waals surface area contributed by atoms with Crippen molar-refractivity contribution in [2.24, 2.45) is 0 Å². The molecule has 0 aliphatic carbocycles. The molecule has 0 bridgehead atoms. The normalized spacial score (nSPS) is 24.3. The van der Waals surface area contributed by atoms with Gasteiger partial charge < -0.3 is 9.88 Å². The third-order valence-electron chi connectivity index (χ3n) is 2.09. The van der Waals surface area contributed by atoms with Crippen molar-refractivity contribution in [3.05, 3.63) is 24.0 Å². The van der Waals surface area contributed by atoms with E-state index in [2.05, 4.69) is 35.1 Å². The lowest BCUT2D eigenvalue weighted by molar-refractivity contribution is 0.429. The van der Waals surface area contributed by atoms with E-state index in [0.29, 0.717) is 6.04 Å². The summed E-state index contributed by atoms with van der Waals surface area (Å²) < 4.78 is 2.33. The summed E-state index contributed by atoms with van der Waals surface area (Å²) in [6.07, 6.45) is 2.15. The van der Waals surface area contributed by atoms with Gasteiger partial charge in [-0.15, -0.1) is 0 Å². The van der Waals surface area contributed by atoms with Gasteiger partial charge in [0.15, 0.2) is 0 Å². The molecular formula is C8H12N2. The molecule has 2 rings (SSSR count). The van der Waals surface area contributed by atoms with Gasteiger partial charge in [-0.3, -0.25) is 0 Å². The summed E-state index contributed by atoms with van der Waals surface area (Å²) in [5.74, 6) is 0. The van der Waals surface area contributed by atoms with Crippen molar-refractivity contribution in [3.63, 3.8) is 0 Å². The Morgan fingerprint density at radius 2 is 2.60 bits per heavy atom. The monoisotopic (exact) mass is 136 g/mol. The van der Waals surface area contributed by atoms with Gasteiger partial charge in [0.05, 0.1) is 0 Å². The van der Waals surface area contributed by atoms with E-state index in [4.69, 9.17) is 0 Å². The average molecular weight is 136 g/mol. The summed E-state index contributed by atoms with van der Waals surface area (Å²) in [4.78, 5) is 0. The van der Waals surface area contributed by atoms with E-state index in [1.54, 1.807) is 0 Å². The molecule has 1 aromatic heterocycles. The van der Waals surface area contributed by atoms with Crippen LogP contribution in [0.1, 0.15) is 18.7 Å². The molecule has 2 heteroatoms. The van der Waals surface area contributed by atoms with Gasteiger partial charge in [-0.1, -0.05) is 0 Å². The molecule has 54 valence electrons. The molecule has 1 aromatic rings. The lowest BCUT2D eigenvalue weighted by Gasteiger charge is -2.23. The molecule has 1 aliphatic heterocycles. The highest BCUT2D eigenvalue weighted by Gasteiger charge is 2.12. The third-order valence-corrected chi connectivity index (χ3v) is 2.09. The van der Waals surface area contributed by atoms with E-state index < -0.39 is 0 Å². The molecule has 2 heterocycles. The Bertz CT molecular complexity index is 227. The molecule has 10 heavy (non-hydrogen) atoms. The summed E-state index contributed by atoms with van der Waals surface area (Å²) in [7, 11) is 0. The van der Waals surface area contributed by atoms with Gasteiger partial charge in [-0.2, -0.15) is 0 Å². The van der Waals surface area contributed by atoms with Crippen LogP contribution in [-0.4, -0.2) is 11.1 Å². The maximum Gasteiger partial charge on any atom is 0.0430 e. The highest BCUT2D eigenvalue weighted by Crippen LogP contribution is 2.14. The van der Waals surface area contributed by atoms with Crippen LogP contribution in [0, 0.1) is 0 Å². The van der Waals surface area contributed by atoms with Crippen LogP contribution in [0.4, 0.5) is 0 Å². The first-order valence-electron chi connectivity index (χ1n) is 3.74. The topological polar surface area (TPSA) is 17.0 Å². The summed E-state index contributed by atoms with van der Waals surface area (Å²) in [5.41, 5.74) is 1.40. The quantitative estimate of drug-likeness (QED) is 0.566. The molecule has 0 spiro atoms. The van der Waals surface area contributed by atoms with Gasteiger partial charge >= 0.3 is 0 Å². The Morgan fingerprint density at radius 1 is 1.70 bits per heavy atom. The maximum absolute atomic E-state index is 3.36. The standard InChI is InChI=1S/C8H12N2/c1-7-5-9-6-8-3-2-4-10(7)8/h2-4,7,9H,5-6H2,1H3. The first kappa shape index (κ1) is 5.98. The first-order chi connectivity index (χ1) is 4.88. The largest absolute Gasteiger partial charge is 0.346 e. The van der Waals surface area contributed by atoms with Crippen LogP contribution in [0.2, 0.25) is 0 Å². The fourth-order valence-corrected chi connectivity index (χ4v) is 1.52. The second-order valence-corrected chi connectivity index (χ2v) is 2.89. The Hall–Kier alpha value is -0.760. The van der Waals surface area contributed by atoms with Gasteiger partial charge in [0.1, 0.15) is 0 Å². The van der Waals surface area contributed by atoms with E-state index in [1.165, 1.54) is 5.69 Å². The molecule has 1 atom stereocenters. The van der Waals surface area contributed by atoms with Gasteiger partial charge in [-0.05, 0) is 19.1 Å². The van der Waals surface area contributed by atoms with E-state index in [9.17, 15) is 0 Å². The van der Waals surface area contributed by atoms with Gasteiger partial charge in [0.2, 0.25) is 0 Å². The van der Waals surface area contributed by atoms with Crippen LogP contribution in [0.15, 0.2) is 18.3 Å². The van der Waals surface area contributed by atoms with Crippen molar-refractivity contribution in [1.82, 2.24) is 9.88 Å². The van der Waals surface area contributed by atoms with Crippen molar-refractivity contribution in [3.8, 4) is 0 Å². The number of hydrogen-bond acceptors (Lipinski definition) is 1. The fraction of sp³-hybridized carbons (Fsp3) is 0.500. The zero-order chi connectivity index (χ0) is 6.97. The third kappa shape index (κ3) is 0.762. The molecule has 1 N–H and O–H groups in total. The lowest BCUT2D eigenvalue weighted by Crippen LogP contribution is -2.30. The average Bonchev–Trinajstić information content (AvgIpc) is 2.36. The number of nitrogens with zero attached hydrogens (tertiary/aromatic N) is 1. The van der Waals surface area contributed by atoms with Crippen LogP contribution in [-0.2, 0) is 6.54 Å². The molecule has 0 radical (unpaired) electrons. The van der Waals surface area contributed by atoms with E-state index in [1.807, 2.05) is 0 Å². The van der Waals surface area contributed by atoms with Crippen molar-refractivity contribution >= 4 is 0 Å². The molecule has 0 amide bonds. The Labute approximate surface area is 60.9 Å². The highest BCUT2D eigenvalue weighted by atomic mass is 15.1. The van der Waals surface area contributed by atoms with Crippen LogP contribution < -0.4 is 5.32 Å². The van der Waals surface area contributed by atoms with E-state index in [-0.39, 0.29) is 0 Å². The molecule has 0 saturated carbocycles. The van der Waals surface area contributed by atoms with Crippen LogP contribution in [0.3, 0.4) is 0 Å². The summed E-state index contributed by atoms with van der Waals surface area (Å²) in [5, 5.41) is 3.36. The number of aromatic nitrogens is 1. The molecule has 0 aromatic carbocycles. The van der Waals surface area contributed by atoms with E-state index in [0.717, 1.165) is 13.1 Å². The van der Waals surface area contributed by atoms with Gasteiger partial charge in [0, 0.05) is 31.0 Å². The molecule has 0 fully saturated rings. The minimum absolute atomic E-state index is 0.624. The Morgan fingerprint density at radius 3 is 3.40 bits per heavy atom. The van der Waals surface area contributed by atoms with Crippen LogP contribution in [0.5, 0.6) is 0 Å². The highest BCUT2D eigenvalue weighted by molar-refractivity contribution is 5.10. The van der Waals surface area contributed by atoms with Crippen molar-refractivity contribution in [1.29, 1.82) is 0 Å². The number of hydrogen-bond donors (Lipinski definition) is 1. The van der Waals surface area contributed by atoms with Crippen molar-refractivity contribution < 1.29 is 0 Å². The summed E-state index contributed by atoms with van der Waals surface area (Å²) >= 11 is 0. The van der Waals surface area contributed by atoms with E-state index >= 15 is 0 Å². The van der Waals surface area contributed by atoms with Crippen molar-refractivity contribution in [2.45, 2.75) is 19.5 Å². The predicted octanol–water partition coefficient (Wildman–Crippen LogP) is 1.15. The zero-order valence-electron chi connectivity index (χ0n) is 6.17. The van der Waals surface area contributed by atoms with Crippen LogP contribution in [0.25, 0.3) is 0 Å². The van der Waals surface area contributed by atoms with Gasteiger partial charge in [0.25, 0.3) is 0 Å². The van der Waals surface area contributed by atoms with Crippen molar-refractivity contribution in [2.75, 3.05) is 6.54 Å². The molecular weight excluding hydrogens is 124 g/mol. The summed E-state index contributed by atoms with van der Waals surface area (Å²) in [6.45, 7) is 4.36. The van der Waals surface area contributed by atoms with Gasteiger partial charge in [-0.25, -0.2) is 0 Å². The molecule has 1 unspecified atom stereocenters. The molecule has 1 aliphatic rings. The Kier molecular flexibility index (Phi) is 1.27. The maximum atomic E-state index is 3.36. The second kappa shape index (κ2) is 2.13. The SMILES string of the molecule is CC1CNCc2cccn21. The summed E-state index contributed by atoms with van der Waals surface area (Å²) in [6, 6.07) is 4.90. The molecule has 0 saturated heterocycles. The second-order valence-electron chi connectivity index (χ2n) is 2.89. The fourth-order valence-electron chi connectivity index (χ4n) is 1.52.